The van der Waals surface area contributed by atoms with Gasteiger partial charge in [-0.1, -0.05) is 11.6 Å². The van der Waals surface area contributed by atoms with Crippen molar-refractivity contribution >= 4 is 29.1 Å². The number of aromatic nitrogens is 3. The zero-order valence-corrected chi connectivity index (χ0v) is 20.3. The molecule has 1 aliphatic heterocycles. The zero-order chi connectivity index (χ0) is 24.9. The van der Waals surface area contributed by atoms with E-state index < -0.39 is 6.04 Å². The van der Waals surface area contributed by atoms with Crippen molar-refractivity contribution in [1.29, 1.82) is 0 Å². The number of amides is 2. The number of rotatable bonds is 9. The number of nitrogens with one attached hydrogen (secondary N) is 2. The molecular weight excluding hydrogens is 474 g/mol. The van der Waals surface area contributed by atoms with Crippen molar-refractivity contribution in [3.63, 3.8) is 0 Å². The molecule has 35 heavy (non-hydrogen) atoms. The smallest absolute Gasteiger partial charge is 0.261 e. The van der Waals surface area contributed by atoms with Gasteiger partial charge in [0.15, 0.2) is 5.65 Å². The van der Waals surface area contributed by atoms with Crippen LogP contribution >= 0.6 is 11.6 Å². The Morgan fingerprint density at radius 1 is 1.31 bits per heavy atom. The van der Waals surface area contributed by atoms with Gasteiger partial charge in [0, 0.05) is 49.9 Å². The minimum absolute atomic E-state index is 0.0389. The SMILES string of the molecule is COCCN(C)C(=O)CN1C=C(NC(=O)c2cnn3cccnc23)C(c2cc(Cl)ccc2OC)N1. The summed E-state index contributed by atoms with van der Waals surface area (Å²) in [6, 6.07) is 6.42. The number of hydrogen-bond donors (Lipinski definition) is 2. The van der Waals surface area contributed by atoms with Crippen molar-refractivity contribution in [3.05, 3.63) is 70.9 Å². The molecule has 4 rings (SSSR count). The molecule has 0 saturated carbocycles. The lowest BCUT2D eigenvalue weighted by Gasteiger charge is -2.24. The second-order valence-corrected chi connectivity index (χ2v) is 8.31. The fraction of sp³-hybridized carbons (Fsp3) is 0.304. The molecule has 12 heteroatoms. The summed E-state index contributed by atoms with van der Waals surface area (Å²) in [6.45, 7) is 0.934. The van der Waals surface area contributed by atoms with Crippen molar-refractivity contribution in [2.45, 2.75) is 6.04 Å². The van der Waals surface area contributed by atoms with Crippen LogP contribution in [0.1, 0.15) is 22.0 Å². The van der Waals surface area contributed by atoms with Gasteiger partial charge in [0.1, 0.15) is 17.9 Å². The molecule has 0 spiro atoms. The molecule has 2 aromatic heterocycles. The Morgan fingerprint density at radius 3 is 2.91 bits per heavy atom. The number of likely N-dealkylation sites (N-methyl/N-ethyl adjacent to an activating group) is 1. The molecular formula is C23H26ClN7O4. The molecule has 1 atom stereocenters. The molecule has 184 valence electrons. The number of ether oxygens (including phenoxy) is 2. The first-order valence-corrected chi connectivity index (χ1v) is 11.2. The molecule has 3 heterocycles. The van der Waals surface area contributed by atoms with Gasteiger partial charge in [0.25, 0.3) is 5.91 Å². The Bertz CT molecular complexity index is 1260. The van der Waals surface area contributed by atoms with Crippen LogP contribution in [0.4, 0.5) is 0 Å². The summed E-state index contributed by atoms with van der Waals surface area (Å²) < 4.78 is 12.1. The van der Waals surface area contributed by atoms with Gasteiger partial charge in [-0.05, 0) is 24.3 Å². The number of hydrogen-bond acceptors (Lipinski definition) is 8. The molecule has 3 aromatic rings. The maximum atomic E-state index is 13.2. The fourth-order valence-electron chi connectivity index (χ4n) is 3.68. The number of halogens is 1. The van der Waals surface area contributed by atoms with E-state index in [-0.39, 0.29) is 18.4 Å². The molecule has 0 radical (unpaired) electrons. The highest BCUT2D eigenvalue weighted by molar-refractivity contribution is 6.30. The fourth-order valence-corrected chi connectivity index (χ4v) is 3.86. The number of methoxy groups -OCH3 is 2. The normalized spacial score (nSPS) is 15.3. The Labute approximate surface area is 207 Å². The van der Waals surface area contributed by atoms with Gasteiger partial charge >= 0.3 is 0 Å². The predicted molar refractivity (Wildman–Crippen MR) is 129 cm³/mol. The zero-order valence-electron chi connectivity index (χ0n) is 19.6. The summed E-state index contributed by atoms with van der Waals surface area (Å²) in [6.07, 6.45) is 6.45. The number of fused-ring (bicyclic) bond motifs is 1. The average Bonchev–Trinajstić information content (AvgIpc) is 3.46. The van der Waals surface area contributed by atoms with Crippen LogP contribution in [0.5, 0.6) is 5.75 Å². The molecule has 2 N–H and O–H groups in total. The van der Waals surface area contributed by atoms with Crippen LogP contribution in [-0.4, -0.2) is 77.3 Å². The molecule has 0 aliphatic carbocycles. The summed E-state index contributed by atoms with van der Waals surface area (Å²) in [7, 11) is 4.85. The highest BCUT2D eigenvalue weighted by atomic mass is 35.5. The van der Waals surface area contributed by atoms with Crippen molar-refractivity contribution in [2.24, 2.45) is 0 Å². The summed E-state index contributed by atoms with van der Waals surface area (Å²) in [4.78, 5) is 31.7. The van der Waals surface area contributed by atoms with Crippen LogP contribution in [0, 0.1) is 0 Å². The van der Waals surface area contributed by atoms with Crippen LogP contribution in [0.2, 0.25) is 5.02 Å². The van der Waals surface area contributed by atoms with Crippen LogP contribution in [0.3, 0.4) is 0 Å². The topological polar surface area (TPSA) is 113 Å². The predicted octanol–water partition coefficient (Wildman–Crippen LogP) is 1.63. The largest absolute Gasteiger partial charge is 0.496 e. The van der Waals surface area contributed by atoms with E-state index in [1.165, 1.54) is 10.7 Å². The van der Waals surface area contributed by atoms with Crippen molar-refractivity contribution in [1.82, 2.24) is 35.2 Å². The molecule has 0 fully saturated rings. The monoisotopic (exact) mass is 499 g/mol. The second-order valence-electron chi connectivity index (χ2n) is 7.87. The number of carbonyl (C=O) groups is 2. The highest BCUT2D eigenvalue weighted by Gasteiger charge is 2.31. The first-order valence-electron chi connectivity index (χ1n) is 10.8. The van der Waals surface area contributed by atoms with Gasteiger partial charge in [-0.3, -0.25) is 9.59 Å². The van der Waals surface area contributed by atoms with E-state index in [9.17, 15) is 9.59 Å². The van der Waals surface area contributed by atoms with Crippen molar-refractivity contribution < 1.29 is 19.1 Å². The lowest BCUT2D eigenvalue weighted by atomic mass is 10.0. The van der Waals surface area contributed by atoms with Gasteiger partial charge in [0.05, 0.1) is 31.7 Å². The Morgan fingerprint density at radius 2 is 2.14 bits per heavy atom. The van der Waals surface area contributed by atoms with Gasteiger partial charge in [-0.15, -0.1) is 0 Å². The maximum absolute atomic E-state index is 13.2. The lowest BCUT2D eigenvalue weighted by Crippen LogP contribution is -2.42. The van der Waals surface area contributed by atoms with Gasteiger partial charge in [0.2, 0.25) is 5.91 Å². The molecule has 1 aliphatic rings. The Hall–Kier alpha value is -3.67. The van der Waals surface area contributed by atoms with E-state index in [2.05, 4.69) is 20.8 Å². The maximum Gasteiger partial charge on any atom is 0.261 e. The quantitative estimate of drug-likeness (QED) is 0.457. The van der Waals surface area contributed by atoms with E-state index in [0.717, 1.165) is 0 Å². The number of carbonyl (C=O) groups excluding carboxylic acids is 2. The first-order chi connectivity index (χ1) is 16.9. The molecule has 11 nitrogen and oxygen atoms in total. The lowest BCUT2D eigenvalue weighted by molar-refractivity contribution is -0.131. The third-order valence-electron chi connectivity index (χ3n) is 5.55. The summed E-state index contributed by atoms with van der Waals surface area (Å²) in [5, 5.41) is 9.25. The third kappa shape index (κ3) is 5.37. The number of nitrogens with zero attached hydrogens (tertiary/aromatic N) is 5. The van der Waals surface area contributed by atoms with E-state index in [0.29, 0.717) is 46.4 Å². The highest BCUT2D eigenvalue weighted by Crippen LogP contribution is 2.34. The summed E-state index contributed by atoms with van der Waals surface area (Å²) in [5.41, 5.74) is 5.22. The van der Waals surface area contributed by atoms with E-state index >= 15 is 0 Å². The molecule has 1 aromatic carbocycles. The van der Waals surface area contributed by atoms with Crippen molar-refractivity contribution in [3.8, 4) is 5.75 Å². The van der Waals surface area contributed by atoms with Crippen LogP contribution < -0.4 is 15.5 Å². The van der Waals surface area contributed by atoms with Crippen molar-refractivity contribution in [2.75, 3.05) is 41.0 Å². The van der Waals surface area contributed by atoms with Crippen LogP contribution in [0.25, 0.3) is 5.65 Å². The van der Waals surface area contributed by atoms with Gasteiger partial charge in [-0.2, -0.15) is 5.10 Å². The standard InChI is InChI=1S/C23H26ClN7O4/c1-29(9-10-34-2)20(32)14-30-13-18(21(28-30)16-11-15(24)5-6-19(16)35-3)27-23(33)17-12-26-31-8-4-7-25-22(17)31/h4-8,11-13,21,28H,9-10,14H2,1-3H3,(H,27,33). The molecule has 2 amide bonds. The Kier molecular flexibility index (Phi) is 7.49. The molecule has 0 saturated heterocycles. The third-order valence-corrected chi connectivity index (χ3v) is 5.78. The average molecular weight is 500 g/mol. The number of benzene rings is 1. The Balaban J connectivity index is 1.61. The minimum Gasteiger partial charge on any atom is -0.496 e. The summed E-state index contributed by atoms with van der Waals surface area (Å²) >= 11 is 6.27. The van der Waals surface area contributed by atoms with E-state index in [1.54, 1.807) is 74.0 Å². The number of hydrazine groups is 1. The molecule has 1 unspecified atom stereocenters. The molecule has 0 bridgehead atoms. The van der Waals surface area contributed by atoms with Gasteiger partial charge < -0.3 is 24.7 Å². The first kappa shape index (κ1) is 24.5. The van der Waals surface area contributed by atoms with E-state index in [4.69, 9.17) is 21.1 Å². The minimum atomic E-state index is -0.528. The summed E-state index contributed by atoms with van der Waals surface area (Å²) in [5.74, 6) is 0.0697. The second kappa shape index (κ2) is 10.7. The van der Waals surface area contributed by atoms with Crippen LogP contribution in [-0.2, 0) is 9.53 Å². The van der Waals surface area contributed by atoms with Gasteiger partial charge in [-0.25, -0.2) is 14.9 Å². The van der Waals surface area contributed by atoms with Crippen LogP contribution in [0.15, 0.2) is 54.8 Å². The van der Waals surface area contributed by atoms with E-state index in [1.807, 2.05) is 0 Å².